The molecule has 114 valence electrons. The fraction of sp³-hybridized carbons (Fsp3) is 0.529. The molecule has 21 heavy (non-hydrogen) atoms. The number of hydrogen-bond acceptors (Lipinski definition) is 2. The molecule has 1 aromatic rings. The summed E-state index contributed by atoms with van der Waals surface area (Å²) in [4.78, 5) is 26.6. The van der Waals surface area contributed by atoms with Gasteiger partial charge in [0.15, 0.2) is 0 Å². The van der Waals surface area contributed by atoms with Gasteiger partial charge in [0.05, 0.1) is 0 Å². The maximum absolute atomic E-state index is 12.5. The third kappa shape index (κ3) is 3.26. The molecule has 0 atom stereocenters. The molecule has 4 heteroatoms. The molecule has 1 fully saturated rings. The average molecular weight is 288 g/mol. The van der Waals surface area contributed by atoms with E-state index in [0.29, 0.717) is 32.5 Å². The van der Waals surface area contributed by atoms with Crippen molar-refractivity contribution in [1.29, 1.82) is 0 Å². The predicted octanol–water partition coefficient (Wildman–Crippen LogP) is 2.26. The van der Waals surface area contributed by atoms with Crippen LogP contribution in [0.3, 0.4) is 0 Å². The second kappa shape index (κ2) is 6.29. The Labute approximate surface area is 126 Å². The Morgan fingerprint density at radius 1 is 1.24 bits per heavy atom. The van der Waals surface area contributed by atoms with E-state index in [9.17, 15) is 9.59 Å². The van der Waals surface area contributed by atoms with Crippen LogP contribution in [0.4, 0.5) is 0 Å². The molecule has 0 aliphatic heterocycles. The van der Waals surface area contributed by atoms with Crippen LogP contribution in [0.5, 0.6) is 0 Å². The molecule has 0 spiro atoms. The Bertz CT molecular complexity index is 531. The molecule has 2 rings (SSSR count). The monoisotopic (exact) mass is 288 g/mol. The molecule has 1 N–H and O–H groups in total. The zero-order chi connectivity index (χ0) is 15.5. The molecular formula is C17H24N2O2. The van der Waals surface area contributed by atoms with Crippen molar-refractivity contribution in [1.82, 2.24) is 10.2 Å². The van der Waals surface area contributed by atoms with Crippen LogP contribution >= 0.6 is 0 Å². The first-order valence-electron chi connectivity index (χ1n) is 7.66. The highest BCUT2D eigenvalue weighted by atomic mass is 16.2. The van der Waals surface area contributed by atoms with E-state index in [0.717, 1.165) is 5.56 Å². The molecule has 0 heterocycles. The normalized spacial score (nSPS) is 15.4. The second-order valence-electron chi connectivity index (χ2n) is 5.73. The van der Waals surface area contributed by atoms with Crippen LogP contribution < -0.4 is 5.32 Å². The van der Waals surface area contributed by atoms with Crippen molar-refractivity contribution in [3.05, 3.63) is 35.4 Å². The lowest BCUT2D eigenvalue weighted by atomic mass is 10.0. The summed E-state index contributed by atoms with van der Waals surface area (Å²) in [5.74, 6) is -0.143. The van der Waals surface area contributed by atoms with Crippen LogP contribution in [0, 0.1) is 12.3 Å². The number of aryl methyl sites for hydroxylation is 1. The van der Waals surface area contributed by atoms with E-state index in [4.69, 9.17) is 0 Å². The minimum Gasteiger partial charge on any atom is -0.351 e. The number of hydrogen-bond donors (Lipinski definition) is 1. The van der Waals surface area contributed by atoms with Crippen molar-refractivity contribution in [3.63, 3.8) is 0 Å². The summed E-state index contributed by atoms with van der Waals surface area (Å²) in [6.07, 6.45) is 1.34. The maximum Gasteiger partial charge on any atom is 0.238 e. The van der Waals surface area contributed by atoms with Crippen LogP contribution in [0.25, 0.3) is 0 Å². The van der Waals surface area contributed by atoms with Gasteiger partial charge in [-0.15, -0.1) is 0 Å². The molecule has 1 aliphatic carbocycles. The molecule has 0 saturated heterocycles. The standard InChI is InChI=1S/C17H24N2O2/c1-4-19(5-2)16(21)17(9-10-17)15(20)18-12-14-8-6-7-13(3)11-14/h6-8,11H,4-5,9-10,12H2,1-3H3,(H,18,20). The van der Waals surface area contributed by atoms with Gasteiger partial charge < -0.3 is 10.2 Å². The number of benzene rings is 1. The fourth-order valence-corrected chi connectivity index (χ4v) is 2.65. The number of carbonyl (C=O) groups is 2. The van der Waals surface area contributed by atoms with Gasteiger partial charge in [0.2, 0.25) is 11.8 Å². The molecule has 0 radical (unpaired) electrons. The van der Waals surface area contributed by atoms with E-state index < -0.39 is 5.41 Å². The van der Waals surface area contributed by atoms with Crippen LogP contribution in [0.2, 0.25) is 0 Å². The molecular weight excluding hydrogens is 264 g/mol. The Hall–Kier alpha value is -1.84. The highest BCUT2D eigenvalue weighted by molar-refractivity contribution is 6.07. The van der Waals surface area contributed by atoms with Crippen molar-refractivity contribution in [2.45, 2.75) is 40.2 Å². The predicted molar refractivity (Wildman–Crippen MR) is 82.6 cm³/mol. The maximum atomic E-state index is 12.5. The summed E-state index contributed by atoms with van der Waals surface area (Å²) >= 11 is 0. The fourth-order valence-electron chi connectivity index (χ4n) is 2.65. The van der Waals surface area contributed by atoms with Gasteiger partial charge in [-0.3, -0.25) is 9.59 Å². The summed E-state index contributed by atoms with van der Waals surface area (Å²) < 4.78 is 0. The van der Waals surface area contributed by atoms with Crippen LogP contribution in [0.1, 0.15) is 37.8 Å². The van der Waals surface area contributed by atoms with E-state index >= 15 is 0 Å². The SMILES string of the molecule is CCN(CC)C(=O)C1(C(=O)NCc2cccc(C)c2)CC1. The first-order valence-corrected chi connectivity index (χ1v) is 7.66. The second-order valence-corrected chi connectivity index (χ2v) is 5.73. The van der Waals surface area contributed by atoms with Gasteiger partial charge in [0.1, 0.15) is 5.41 Å². The third-order valence-electron chi connectivity index (χ3n) is 4.18. The Kier molecular flexibility index (Phi) is 4.66. The highest BCUT2D eigenvalue weighted by Crippen LogP contribution is 2.47. The third-order valence-corrected chi connectivity index (χ3v) is 4.18. The Balaban J connectivity index is 1.98. The lowest BCUT2D eigenvalue weighted by Gasteiger charge is -2.24. The van der Waals surface area contributed by atoms with Gasteiger partial charge in [-0.05, 0) is 39.2 Å². The van der Waals surface area contributed by atoms with Gasteiger partial charge in [0, 0.05) is 19.6 Å². The first kappa shape index (κ1) is 15.5. The Morgan fingerprint density at radius 3 is 2.43 bits per heavy atom. The van der Waals surface area contributed by atoms with E-state index in [2.05, 4.69) is 5.32 Å². The number of rotatable bonds is 6. The van der Waals surface area contributed by atoms with Gasteiger partial charge in [-0.25, -0.2) is 0 Å². The van der Waals surface area contributed by atoms with Crippen molar-refractivity contribution in [2.24, 2.45) is 5.41 Å². The lowest BCUT2D eigenvalue weighted by molar-refractivity contribution is -0.144. The zero-order valence-corrected chi connectivity index (χ0v) is 13.1. The molecule has 1 saturated carbocycles. The topological polar surface area (TPSA) is 49.4 Å². The number of nitrogens with one attached hydrogen (secondary N) is 1. The summed E-state index contributed by atoms with van der Waals surface area (Å²) in [6.45, 7) is 7.71. The first-order chi connectivity index (χ1) is 10.0. The average Bonchev–Trinajstić information content (AvgIpc) is 3.27. The smallest absolute Gasteiger partial charge is 0.238 e. The minimum atomic E-state index is -0.796. The van der Waals surface area contributed by atoms with E-state index in [1.54, 1.807) is 4.90 Å². The molecule has 0 bridgehead atoms. The summed E-state index contributed by atoms with van der Waals surface area (Å²) in [5, 5.41) is 2.93. The Morgan fingerprint density at radius 2 is 1.90 bits per heavy atom. The molecule has 0 aromatic heterocycles. The van der Waals surface area contributed by atoms with E-state index in [1.165, 1.54) is 5.56 Å². The largest absolute Gasteiger partial charge is 0.351 e. The summed E-state index contributed by atoms with van der Waals surface area (Å²) in [7, 11) is 0. The molecule has 4 nitrogen and oxygen atoms in total. The highest BCUT2D eigenvalue weighted by Gasteiger charge is 2.57. The van der Waals surface area contributed by atoms with Gasteiger partial charge in [-0.2, -0.15) is 0 Å². The van der Waals surface area contributed by atoms with Crippen molar-refractivity contribution >= 4 is 11.8 Å². The zero-order valence-electron chi connectivity index (χ0n) is 13.1. The van der Waals surface area contributed by atoms with Crippen molar-refractivity contribution in [3.8, 4) is 0 Å². The van der Waals surface area contributed by atoms with Crippen LogP contribution in [0.15, 0.2) is 24.3 Å². The van der Waals surface area contributed by atoms with Gasteiger partial charge in [0.25, 0.3) is 0 Å². The molecule has 2 amide bonds. The molecule has 1 aromatic carbocycles. The van der Waals surface area contributed by atoms with Crippen molar-refractivity contribution in [2.75, 3.05) is 13.1 Å². The van der Waals surface area contributed by atoms with Crippen molar-refractivity contribution < 1.29 is 9.59 Å². The lowest BCUT2D eigenvalue weighted by Crippen LogP contribution is -2.45. The summed E-state index contributed by atoms with van der Waals surface area (Å²) in [6, 6.07) is 8.04. The van der Waals surface area contributed by atoms with Crippen LogP contribution in [-0.4, -0.2) is 29.8 Å². The number of carbonyl (C=O) groups excluding carboxylic acids is 2. The molecule has 0 unspecified atom stereocenters. The van der Waals surface area contributed by atoms with Crippen LogP contribution in [-0.2, 0) is 16.1 Å². The summed E-state index contributed by atoms with van der Waals surface area (Å²) in [5.41, 5.74) is 1.44. The number of nitrogens with zero attached hydrogens (tertiary/aromatic N) is 1. The van der Waals surface area contributed by atoms with Gasteiger partial charge >= 0.3 is 0 Å². The van der Waals surface area contributed by atoms with E-state index in [1.807, 2.05) is 45.0 Å². The van der Waals surface area contributed by atoms with Gasteiger partial charge in [-0.1, -0.05) is 29.8 Å². The quantitative estimate of drug-likeness (QED) is 0.816. The molecule has 1 aliphatic rings. The van der Waals surface area contributed by atoms with E-state index in [-0.39, 0.29) is 11.8 Å². The minimum absolute atomic E-state index is 0.0192. The number of amides is 2.